The normalized spacial score (nSPS) is 11.3. The molecule has 1 aromatic carbocycles. The fraction of sp³-hybridized carbons (Fsp3) is 0.444. The zero-order valence-electron chi connectivity index (χ0n) is 14.5. The van der Waals surface area contributed by atoms with Gasteiger partial charge in [-0.1, -0.05) is 32.9 Å². The van der Waals surface area contributed by atoms with E-state index in [0.29, 0.717) is 13.1 Å². The van der Waals surface area contributed by atoms with Gasteiger partial charge in [-0.3, -0.25) is 4.79 Å². The van der Waals surface area contributed by atoms with E-state index in [1.54, 1.807) is 7.11 Å². The summed E-state index contributed by atoms with van der Waals surface area (Å²) in [5.41, 5.74) is 2.39. The maximum Gasteiger partial charge on any atom is 0.225 e. The Morgan fingerprint density at radius 3 is 2.65 bits per heavy atom. The SMILES string of the molecule is COc1cccc2c(NCCNC(=O)C(C)(C)C)cc(C)nc12. The minimum absolute atomic E-state index is 0.0525. The summed E-state index contributed by atoms with van der Waals surface area (Å²) in [6, 6.07) is 7.88. The van der Waals surface area contributed by atoms with E-state index >= 15 is 0 Å². The Labute approximate surface area is 137 Å². The van der Waals surface area contributed by atoms with Crippen molar-refractivity contribution in [3.05, 3.63) is 30.0 Å². The maximum atomic E-state index is 11.9. The number of ether oxygens (including phenoxy) is 1. The number of benzene rings is 1. The molecule has 0 saturated heterocycles. The van der Waals surface area contributed by atoms with Crippen molar-refractivity contribution < 1.29 is 9.53 Å². The van der Waals surface area contributed by atoms with Crippen LogP contribution < -0.4 is 15.4 Å². The van der Waals surface area contributed by atoms with Gasteiger partial charge in [0.05, 0.1) is 7.11 Å². The number of amides is 1. The predicted octanol–water partition coefficient (Wildman–Crippen LogP) is 3.13. The summed E-state index contributed by atoms with van der Waals surface area (Å²) in [5, 5.41) is 7.32. The third-order valence-electron chi connectivity index (χ3n) is 3.56. The number of anilines is 1. The van der Waals surface area contributed by atoms with E-state index in [1.807, 2.05) is 52.0 Å². The molecule has 0 bridgehead atoms. The van der Waals surface area contributed by atoms with Gasteiger partial charge in [0.25, 0.3) is 0 Å². The smallest absolute Gasteiger partial charge is 0.225 e. The molecule has 0 aliphatic rings. The van der Waals surface area contributed by atoms with Gasteiger partial charge >= 0.3 is 0 Å². The van der Waals surface area contributed by atoms with Gasteiger partial charge in [0, 0.05) is 35.3 Å². The zero-order chi connectivity index (χ0) is 17.0. The van der Waals surface area contributed by atoms with Crippen LogP contribution in [0.3, 0.4) is 0 Å². The van der Waals surface area contributed by atoms with Gasteiger partial charge in [-0.15, -0.1) is 0 Å². The summed E-state index contributed by atoms with van der Waals surface area (Å²) in [5.74, 6) is 0.812. The second kappa shape index (κ2) is 6.86. The molecular weight excluding hydrogens is 290 g/mol. The molecule has 0 aliphatic carbocycles. The fourth-order valence-electron chi connectivity index (χ4n) is 2.30. The minimum Gasteiger partial charge on any atom is -0.494 e. The van der Waals surface area contributed by atoms with E-state index in [0.717, 1.165) is 28.0 Å². The van der Waals surface area contributed by atoms with Gasteiger partial charge < -0.3 is 15.4 Å². The second-order valence-electron chi connectivity index (χ2n) is 6.60. The number of carbonyl (C=O) groups excluding carboxylic acids is 1. The molecule has 5 nitrogen and oxygen atoms in total. The quantitative estimate of drug-likeness (QED) is 0.832. The number of aromatic nitrogens is 1. The van der Waals surface area contributed by atoms with E-state index in [4.69, 9.17) is 4.74 Å². The highest BCUT2D eigenvalue weighted by atomic mass is 16.5. The van der Waals surface area contributed by atoms with E-state index in [2.05, 4.69) is 15.6 Å². The van der Waals surface area contributed by atoms with Gasteiger partial charge in [0.15, 0.2) is 0 Å². The average molecular weight is 315 g/mol. The number of fused-ring (bicyclic) bond motifs is 1. The summed E-state index contributed by atoms with van der Waals surface area (Å²) in [6.45, 7) is 8.89. The number of nitrogens with zero attached hydrogens (tertiary/aromatic N) is 1. The molecule has 124 valence electrons. The van der Waals surface area contributed by atoms with Crippen LogP contribution >= 0.6 is 0 Å². The van der Waals surface area contributed by atoms with Crippen molar-refractivity contribution in [1.82, 2.24) is 10.3 Å². The van der Waals surface area contributed by atoms with Crippen molar-refractivity contribution in [1.29, 1.82) is 0 Å². The summed E-state index contributed by atoms with van der Waals surface area (Å²) < 4.78 is 5.38. The number of hydrogen-bond donors (Lipinski definition) is 2. The Hall–Kier alpha value is -2.30. The maximum absolute atomic E-state index is 11.9. The Morgan fingerprint density at radius 2 is 2.00 bits per heavy atom. The lowest BCUT2D eigenvalue weighted by Crippen LogP contribution is -2.37. The first kappa shape index (κ1) is 17.1. The number of aryl methyl sites for hydroxylation is 1. The molecule has 0 spiro atoms. The average Bonchev–Trinajstić information content (AvgIpc) is 2.49. The number of para-hydroxylation sites is 1. The molecule has 23 heavy (non-hydrogen) atoms. The van der Waals surface area contributed by atoms with E-state index < -0.39 is 0 Å². The highest BCUT2D eigenvalue weighted by Crippen LogP contribution is 2.29. The molecule has 0 aliphatic heterocycles. The highest BCUT2D eigenvalue weighted by molar-refractivity contribution is 5.95. The lowest BCUT2D eigenvalue weighted by molar-refractivity contribution is -0.128. The number of nitrogens with one attached hydrogen (secondary N) is 2. The largest absolute Gasteiger partial charge is 0.494 e. The molecule has 0 saturated carbocycles. The molecule has 5 heteroatoms. The molecule has 1 amide bonds. The Balaban J connectivity index is 2.10. The van der Waals surface area contributed by atoms with Gasteiger partial charge in [-0.2, -0.15) is 0 Å². The molecular formula is C18H25N3O2. The third-order valence-corrected chi connectivity index (χ3v) is 3.56. The monoisotopic (exact) mass is 315 g/mol. The zero-order valence-corrected chi connectivity index (χ0v) is 14.5. The van der Waals surface area contributed by atoms with Gasteiger partial charge in [0.1, 0.15) is 11.3 Å². The van der Waals surface area contributed by atoms with Crippen molar-refractivity contribution in [3.63, 3.8) is 0 Å². The van der Waals surface area contributed by atoms with Crippen LogP contribution in [0.5, 0.6) is 5.75 Å². The van der Waals surface area contributed by atoms with E-state index in [9.17, 15) is 4.79 Å². The first-order chi connectivity index (χ1) is 10.8. The molecule has 2 N–H and O–H groups in total. The molecule has 2 rings (SSSR count). The summed E-state index contributed by atoms with van der Waals surface area (Å²) in [7, 11) is 1.65. The van der Waals surface area contributed by atoms with Crippen molar-refractivity contribution in [2.45, 2.75) is 27.7 Å². The van der Waals surface area contributed by atoms with Crippen LogP contribution in [0.15, 0.2) is 24.3 Å². The van der Waals surface area contributed by atoms with Crippen LogP contribution in [0.4, 0.5) is 5.69 Å². The van der Waals surface area contributed by atoms with E-state index in [-0.39, 0.29) is 11.3 Å². The summed E-state index contributed by atoms with van der Waals surface area (Å²) in [6.07, 6.45) is 0. The molecule has 0 radical (unpaired) electrons. The summed E-state index contributed by atoms with van der Waals surface area (Å²) >= 11 is 0. The molecule has 1 heterocycles. The Kier molecular flexibility index (Phi) is 5.08. The third kappa shape index (κ3) is 4.12. The molecule has 0 atom stereocenters. The first-order valence-corrected chi connectivity index (χ1v) is 7.79. The van der Waals surface area contributed by atoms with Gasteiger partial charge in [0.2, 0.25) is 5.91 Å². The van der Waals surface area contributed by atoms with Crippen molar-refractivity contribution in [2.24, 2.45) is 5.41 Å². The van der Waals surface area contributed by atoms with Crippen molar-refractivity contribution in [3.8, 4) is 5.75 Å². The Bertz CT molecular complexity index is 705. The first-order valence-electron chi connectivity index (χ1n) is 7.79. The van der Waals surface area contributed by atoms with Crippen LogP contribution in [-0.4, -0.2) is 31.1 Å². The van der Waals surface area contributed by atoms with Gasteiger partial charge in [-0.05, 0) is 19.1 Å². The molecule has 0 unspecified atom stereocenters. The van der Waals surface area contributed by atoms with Crippen LogP contribution in [0.1, 0.15) is 26.5 Å². The number of hydrogen-bond acceptors (Lipinski definition) is 4. The second-order valence-corrected chi connectivity index (χ2v) is 6.60. The number of rotatable bonds is 5. The molecule has 0 fully saturated rings. The minimum atomic E-state index is -0.368. The van der Waals surface area contributed by atoms with Crippen LogP contribution in [-0.2, 0) is 4.79 Å². The highest BCUT2D eigenvalue weighted by Gasteiger charge is 2.20. The van der Waals surface area contributed by atoms with Crippen molar-refractivity contribution in [2.75, 3.05) is 25.5 Å². The number of pyridine rings is 1. The lowest BCUT2D eigenvalue weighted by Gasteiger charge is -2.18. The summed E-state index contributed by atoms with van der Waals surface area (Å²) in [4.78, 5) is 16.4. The molecule has 1 aromatic heterocycles. The van der Waals surface area contributed by atoms with Crippen LogP contribution in [0.25, 0.3) is 10.9 Å². The topological polar surface area (TPSA) is 63.2 Å². The fourth-order valence-corrected chi connectivity index (χ4v) is 2.30. The van der Waals surface area contributed by atoms with Crippen LogP contribution in [0, 0.1) is 12.3 Å². The number of carbonyl (C=O) groups is 1. The van der Waals surface area contributed by atoms with Gasteiger partial charge in [-0.25, -0.2) is 4.98 Å². The van der Waals surface area contributed by atoms with Crippen molar-refractivity contribution >= 4 is 22.5 Å². The number of methoxy groups -OCH3 is 1. The van der Waals surface area contributed by atoms with E-state index in [1.165, 1.54) is 0 Å². The van der Waals surface area contributed by atoms with Crippen LogP contribution in [0.2, 0.25) is 0 Å². The molecule has 2 aromatic rings. The lowest BCUT2D eigenvalue weighted by atomic mass is 9.96. The Morgan fingerprint density at radius 1 is 1.26 bits per heavy atom. The predicted molar refractivity (Wildman–Crippen MR) is 94.0 cm³/mol. The standard InChI is InChI=1S/C18H25N3O2/c1-12-11-14(19-9-10-20-17(22)18(2,3)4)13-7-6-8-15(23-5)16(13)21-12/h6-8,11H,9-10H2,1-5H3,(H,19,21)(H,20,22).